The number of likely N-dealkylation sites (tertiary alicyclic amines) is 1. The van der Waals surface area contributed by atoms with Gasteiger partial charge in [0.15, 0.2) is 10.9 Å². The maximum atomic E-state index is 12.6. The Kier molecular flexibility index (Phi) is 7.44. The van der Waals surface area contributed by atoms with Crippen LogP contribution in [0.3, 0.4) is 0 Å². The fourth-order valence-corrected chi connectivity index (χ4v) is 7.42. The van der Waals surface area contributed by atoms with Crippen molar-refractivity contribution < 1.29 is 4.79 Å². The van der Waals surface area contributed by atoms with E-state index in [9.17, 15) is 10.1 Å². The Morgan fingerprint density at radius 2 is 1.90 bits per heavy atom. The smallest absolute Gasteiger partial charge is 0.236 e. The molecule has 0 bridgehead atoms. The van der Waals surface area contributed by atoms with Crippen molar-refractivity contribution in [1.82, 2.24) is 29.4 Å². The van der Waals surface area contributed by atoms with Gasteiger partial charge >= 0.3 is 0 Å². The third kappa shape index (κ3) is 5.18. The third-order valence-corrected chi connectivity index (χ3v) is 10.1. The van der Waals surface area contributed by atoms with Crippen LogP contribution in [0.15, 0.2) is 24.3 Å². The number of carbonyl (C=O) groups excluding carboxylic acids is 1. The van der Waals surface area contributed by atoms with Gasteiger partial charge in [-0.15, -0.1) is 5.10 Å². The van der Waals surface area contributed by atoms with Gasteiger partial charge in [0.1, 0.15) is 16.6 Å². The number of aromatic nitrogens is 4. The van der Waals surface area contributed by atoms with Crippen LogP contribution in [0.1, 0.15) is 36.4 Å². The Bertz CT molecular complexity index is 1610. The third-order valence-electron chi connectivity index (χ3n) is 8.08. The molecular formula is C29H35N9OS2. The van der Waals surface area contributed by atoms with E-state index < -0.39 is 0 Å². The maximum absolute atomic E-state index is 12.6. The first-order chi connectivity index (χ1) is 19.7. The van der Waals surface area contributed by atoms with Crippen LogP contribution in [0.4, 0.5) is 16.1 Å². The molecule has 4 aromatic rings. The van der Waals surface area contributed by atoms with Gasteiger partial charge in [-0.05, 0) is 32.7 Å². The highest BCUT2D eigenvalue weighted by molar-refractivity contribution is 7.20. The molecule has 0 unspecified atom stereocenters. The number of aryl methyl sites for hydroxylation is 2. The van der Waals surface area contributed by atoms with E-state index in [1.165, 1.54) is 16.9 Å². The molecule has 1 aromatic carbocycles. The predicted octanol–water partition coefficient (Wildman–Crippen LogP) is 4.41. The summed E-state index contributed by atoms with van der Waals surface area (Å²) >= 11 is 2.97. The number of hydrogen-bond acceptors (Lipinski definition) is 10. The monoisotopic (exact) mass is 589 g/mol. The minimum atomic E-state index is 0.226. The second-order valence-electron chi connectivity index (χ2n) is 11.2. The van der Waals surface area contributed by atoms with Crippen molar-refractivity contribution in [3.63, 3.8) is 0 Å². The van der Waals surface area contributed by atoms with E-state index in [0.29, 0.717) is 29.1 Å². The summed E-state index contributed by atoms with van der Waals surface area (Å²) < 4.78 is 1.92. The number of nitrogens with zero attached hydrogens (tertiary/aromatic N) is 9. The standard InChI is InChI=1S/C29H35N9OS2/c1-6-22-26(35(5)27-32-25(23(13-30)40-27)20-9-7-18(2)8-10-20)38-28(31-22)41-29(33-38)36-12-11-21(16-36)34(4)17-24(39)37-14-19(3)15-37/h7-10,19,21H,6,11-12,14-17H2,1-5H3/t21-/m0/s1. The fraction of sp³-hybridized carbons (Fsp3) is 0.483. The lowest BCUT2D eigenvalue weighted by Gasteiger charge is -2.38. The molecule has 214 valence electrons. The number of hydrogen-bond donors (Lipinski definition) is 0. The van der Waals surface area contributed by atoms with Crippen molar-refractivity contribution in [1.29, 1.82) is 5.26 Å². The molecule has 41 heavy (non-hydrogen) atoms. The van der Waals surface area contributed by atoms with E-state index in [4.69, 9.17) is 15.1 Å². The molecule has 0 radical (unpaired) electrons. The number of benzene rings is 1. The minimum absolute atomic E-state index is 0.226. The molecule has 2 aliphatic heterocycles. The van der Waals surface area contributed by atoms with Crippen LogP contribution in [0.5, 0.6) is 0 Å². The summed E-state index contributed by atoms with van der Waals surface area (Å²) in [5.41, 5.74) is 3.75. The summed E-state index contributed by atoms with van der Waals surface area (Å²) in [5.74, 6) is 1.72. The molecule has 2 fully saturated rings. The van der Waals surface area contributed by atoms with Crippen molar-refractivity contribution in [3.05, 3.63) is 40.4 Å². The van der Waals surface area contributed by atoms with Crippen LogP contribution in [0, 0.1) is 24.2 Å². The highest BCUT2D eigenvalue weighted by atomic mass is 32.1. The number of rotatable bonds is 8. The number of likely N-dealkylation sites (N-methyl/N-ethyl adjacent to an activating group) is 1. The summed E-state index contributed by atoms with van der Waals surface area (Å²) in [6.07, 6.45) is 1.75. The molecule has 0 aliphatic carbocycles. The summed E-state index contributed by atoms with van der Waals surface area (Å²) in [7, 11) is 4.02. The largest absolute Gasteiger partial charge is 0.345 e. The lowest BCUT2D eigenvalue weighted by molar-refractivity contribution is -0.138. The zero-order valence-electron chi connectivity index (χ0n) is 24.2. The van der Waals surface area contributed by atoms with E-state index >= 15 is 0 Å². The van der Waals surface area contributed by atoms with Crippen molar-refractivity contribution >= 4 is 49.6 Å². The number of carbonyl (C=O) groups is 1. The number of anilines is 3. The van der Waals surface area contributed by atoms with Crippen molar-refractivity contribution in [2.24, 2.45) is 5.92 Å². The minimum Gasteiger partial charge on any atom is -0.345 e. The zero-order valence-corrected chi connectivity index (χ0v) is 25.8. The molecule has 12 heteroatoms. The molecule has 6 rings (SSSR count). The van der Waals surface area contributed by atoms with E-state index in [-0.39, 0.29) is 5.91 Å². The average molecular weight is 590 g/mol. The lowest BCUT2D eigenvalue weighted by atomic mass is 10.0. The van der Waals surface area contributed by atoms with Crippen molar-refractivity contribution in [2.75, 3.05) is 56.6 Å². The number of fused-ring (bicyclic) bond motifs is 1. The molecule has 0 N–H and O–H groups in total. The lowest BCUT2D eigenvalue weighted by Crippen LogP contribution is -2.52. The number of thiazole rings is 1. The SMILES string of the molecule is CCc1nc2sc(N3CC[C@H](N(C)CC(=O)N4CC(C)C4)C3)nn2c1N(C)c1nc(-c2ccc(C)cc2)c(C#N)s1. The van der Waals surface area contributed by atoms with Crippen LogP contribution in [0.25, 0.3) is 16.2 Å². The van der Waals surface area contributed by atoms with Crippen LogP contribution >= 0.6 is 22.7 Å². The first-order valence-electron chi connectivity index (χ1n) is 14.1. The van der Waals surface area contributed by atoms with Gasteiger partial charge in [0.2, 0.25) is 16.0 Å². The number of imidazole rings is 1. The van der Waals surface area contributed by atoms with Crippen LogP contribution in [0.2, 0.25) is 0 Å². The predicted molar refractivity (Wildman–Crippen MR) is 164 cm³/mol. The van der Waals surface area contributed by atoms with Crippen molar-refractivity contribution in [2.45, 2.75) is 39.7 Å². The van der Waals surface area contributed by atoms with Gasteiger partial charge in [0, 0.05) is 44.8 Å². The van der Waals surface area contributed by atoms with Gasteiger partial charge in [-0.3, -0.25) is 9.69 Å². The molecule has 1 atom stereocenters. The highest BCUT2D eigenvalue weighted by Gasteiger charge is 2.33. The second-order valence-corrected chi connectivity index (χ2v) is 13.1. The second kappa shape index (κ2) is 11.0. The van der Waals surface area contributed by atoms with Gasteiger partial charge < -0.3 is 14.7 Å². The van der Waals surface area contributed by atoms with Gasteiger partial charge in [0.25, 0.3) is 0 Å². The highest BCUT2D eigenvalue weighted by Crippen LogP contribution is 2.38. The maximum Gasteiger partial charge on any atom is 0.236 e. The summed E-state index contributed by atoms with van der Waals surface area (Å²) in [5, 5.41) is 16.5. The van der Waals surface area contributed by atoms with Gasteiger partial charge in [-0.25, -0.2) is 9.97 Å². The summed E-state index contributed by atoms with van der Waals surface area (Å²) in [4.78, 5) is 32.3. The Morgan fingerprint density at radius 3 is 2.59 bits per heavy atom. The molecule has 10 nitrogen and oxygen atoms in total. The van der Waals surface area contributed by atoms with Gasteiger partial charge in [-0.2, -0.15) is 9.78 Å². The zero-order chi connectivity index (χ0) is 28.8. The summed E-state index contributed by atoms with van der Waals surface area (Å²) in [6.45, 7) is 10.3. The molecule has 5 heterocycles. The normalized spacial score (nSPS) is 17.4. The van der Waals surface area contributed by atoms with Crippen LogP contribution in [-0.2, 0) is 11.2 Å². The Morgan fingerprint density at radius 1 is 1.15 bits per heavy atom. The first kappa shape index (κ1) is 27.6. The van der Waals surface area contributed by atoms with E-state index in [0.717, 1.165) is 71.3 Å². The van der Waals surface area contributed by atoms with Crippen LogP contribution in [-0.4, -0.2) is 88.2 Å². The molecule has 3 aromatic heterocycles. The van der Waals surface area contributed by atoms with E-state index in [1.807, 2.05) is 52.6 Å². The quantitative estimate of drug-likeness (QED) is 0.298. The average Bonchev–Trinajstić information content (AvgIpc) is 3.73. The Hall–Kier alpha value is -3.53. The van der Waals surface area contributed by atoms with E-state index in [2.05, 4.69) is 36.8 Å². The Labute approximate surface area is 248 Å². The molecule has 0 spiro atoms. The molecule has 2 saturated heterocycles. The first-order valence-corrected chi connectivity index (χ1v) is 15.7. The topological polar surface area (TPSA) is 96.9 Å². The fourth-order valence-electron chi connectivity index (χ4n) is 5.62. The number of nitriles is 1. The Balaban J connectivity index is 1.22. The van der Waals surface area contributed by atoms with Crippen LogP contribution < -0.4 is 9.80 Å². The number of amides is 1. The van der Waals surface area contributed by atoms with Gasteiger partial charge in [0.05, 0.1) is 12.2 Å². The molecule has 1 amide bonds. The van der Waals surface area contributed by atoms with Crippen molar-refractivity contribution in [3.8, 4) is 17.3 Å². The van der Waals surface area contributed by atoms with Gasteiger partial charge in [-0.1, -0.05) is 66.3 Å². The molecule has 2 aliphatic rings. The molecular weight excluding hydrogens is 555 g/mol. The van der Waals surface area contributed by atoms with E-state index in [1.54, 1.807) is 11.3 Å². The summed E-state index contributed by atoms with van der Waals surface area (Å²) in [6, 6.07) is 10.7. The molecule has 0 saturated carbocycles.